The summed E-state index contributed by atoms with van der Waals surface area (Å²) in [6.07, 6.45) is 2.15. The van der Waals surface area contributed by atoms with Gasteiger partial charge in [-0.25, -0.2) is 9.78 Å². The van der Waals surface area contributed by atoms with Crippen molar-refractivity contribution >= 4 is 17.8 Å². The normalized spacial score (nSPS) is 9.65. The van der Waals surface area contributed by atoms with Crippen molar-refractivity contribution in [1.82, 2.24) is 10.3 Å². The van der Waals surface area contributed by atoms with Gasteiger partial charge < -0.3 is 14.8 Å². The van der Waals surface area contributed by atoms with Crippen molar-refractivity contribution in [2.45, 2.75) is 12.8 Å². The van der Waals surface area contributed by atoms with Crippen molar-refractivity contribution in [2.75, 3.05) is 20.3 Å². The van der Waals surface area contributed by atoms with Gasteiger partial charge in [0.1, 0.15) is 5.69 Å². The molecule has 1 N–H and O–H groups in total. The van der Waals surface area contributed by atoms with Crippen LogP contribution in [0.2, 0.25) is 0 Å². The Balaban J connectivity index is 2.17. The van der Waals surface area contributed by atoms with E-state index in [0.717, 1.165) is 0 Å². The summed E-state index contributed by atoms with van der Waals surface area (Å²) in [4.78, 5) is 37.5. The molecule has 7 heteroatoms. The Bertz CT molecular complexity index is 461. The summed E-state index contributed by atoms with van der Waals surface area (Å²) < 4.78 is 9.24. The van der Waals surface area contributed by atoms with Crippen LogP contribution in [0.3, 0.4) is 0 Å². The van der Waals surface area contributed by atoms with Crippen molar-refractivity contribution in [3.05, 3.63) is 30.1 Å². The lowest BCUT2D eigenvalue weighted by Crippen LogP contribution is -2.30. The van der Waals surface area contributed by atoms with E-state index in [4.69, 9.17) is 4.74 Å². The third-order valence-electron chi connectivity index (χ3n) is 2.32. The number of amides is 1. The molecule has 0 aliphatic heterocycles. The van der Waals surface area contributed by atoms with Gasteiger partial charge in [0.05, 0.1) is 7.11 Å². The molecular formula is C13H16N2O5. The predicted octanol–water partition coefficient (Wildman–Crippen LogP) is 0.308. The highest BCUT2D eigenvalue weighted by Gasteiger charge is 2.10. The minimum atomic E-state index is -0.657. The van der Waals surface area contributed by atoms with Gasteiger partial charge in [-0.2, -0.15) is 0 Å². The van der Waals surface area contributed by atoms with Gasteiger partial charge in [0.25, 0.3) is 5.91 Å². The molecule has 0 radical (unpaired) electrons. The fourth-order valence-electron chi connectivity index (χ4n) is 1.30. The SMILES string of the molecule is COC(=O)CCCNC(=O)COC(=O)c1ccccn1. The Kier molecular flexibility index (Phi) is 6.74. The summed E-state index contributed by atoms with van der Waals surface area (Å²) in [5, 5.41) is 2.52. The Morgan fingerprint density at radius 2 is 2.10 bits per heavy atom. The molecule has 1 amide bonds. The number of nitrogens with one attached hydrogen (secondary N) is 1. The van der Waals surface area contributed by atoms with Crippen molar-refractivity contribution in [2.24, 2.45) is 0 Å². The van der Waals surface area contributed by atoms with Gasteiger partial charge in [-0.05, 0) is 18.6 Å². The first-order valence-corrected chi connectivity index (χ1v) is 6.05. The van der Waals surface area contributed by atoms with E-state index in [9.17, 15) is 14.4 Å². The first-order valence-electron chi connectivity index (χ1n) is 6.05. The van der Waals surface area contributed by atoms with E-state index in [-0.39, 0.29) is 24.7 Å². The molecule has 0 aromatic carbocycles. The van der Waals surface area contributed by atoms with Crippen molar-refractivity contribution in [1.29, 1.82) is 0 Å². The smallest absolute Gasteiger partial charge is 0.357 e. The Morgan fingerprint density at radius 1 is 1.30 bits per heavy atom. The standard InChI is InChI=1S/C13H16N2O5/c1-19-12(17)6-4-8-15-11(16)9-20-13(18)10-5-2-3-7-14-10/h2-3,5,7H,4,6,8-9H2,1H3,(H,15,16). The maximum Gasteiger partial charge on any atom is 0.357 e. The Labute approximate surface area is 116 Å². The molecule has 20 heavy (non-hydrogen) atoms. The third-order valence-corrected chi connectivity index (χ3v) is 2.32. The van der Waals surface area contributed by atoms with Crippen LogP contribution in [0.25, 0.3) is 0 Å². The van der Waals surface area contributed by atoms with E-state index in [1.54, 1.807) is 12.1 Å². The van der Waals surface area contributed by atoms with Gasteiger partial charge in [-0.1, -0.05) is 6.07 Å². The molecule has 7 nitrogen and oxygen atoms in total. The van der Waals surface area contributed by atoms with Crippen LogP contribution in [-0.2, 0) is 19.1 Å². The fourth-order valence-corrected chi connectivity index (χ4v) is 1.30. The van der Waals surface area contributed by atoms with Crippen LogP contribution in [-0.4, -0.2) is 43.1 Å². The van der Waals surface area contributed by atoms with Gasteiger partial charge in [0.15, 0.2) is 6.61 Å². The number of methoxy groups -OCH3 is 1. The second-order valence-electron chi connectivity index (χ2n) is 3.82. The third kappa shape index (κ3) is 5.94. The lowest BCUT2D eigenvalue weighted by Gasteiger charge is -2.05. The van der Waals surface area contributed by atoms with Crippen LogP contribution in [0.15, 0.2) is 24.4 Å². The van der Waals surface area contributed by atoms with Crippen LogP contribution in [0.1, 0.15) is 23.3 Å². The molecule has 0 atom stereocenters. The van der Waals surface area contributed by atoms with Crippen molar-refractivity contribution < 1.29 is 23.9 Å². The highest BCUT2D eigenvalue weighted by Crippen LogP contribution is 1.96. The Hall–Kier alpha value is -2.44. The average Bonchev–Trinajstić information content (AvgIpc) is 2.49. The first kappa shape index (κ1) is 15.6. The zero-order chi connectivity index (χ0) is 14.8. The highest BCUT2D eigenvalue weighted by molar-refractivity contribution is 5.89. The highest BCUT2D eigenvalue weighted by atomic mass is 16.5. The molecule has 0 fully saturated rings. The number of esters is 2. The summed E-state index contributed by atoms with van der Waals surface area (Å²) in [7, 11) is 1.30. The molecule has 0 spiro atoms. The molecule has 0 aliphatic rings. The zero-order valence-corrected chi connectivity index (χ0v) is 11.1. The molecule has 0 bridgehead atoms. The van der Waals surface area contributed by atoms with Crippen LogP contribution >= 0.6 is 0 Å². The maximum absolute atomic E-state index is 11.5. The molecule has 0 saturated carbocycles. The lowest BCUT2D eigenvalue weighted by molar-refractivity contribution is -0.140. The van der Waals surface area contributed by atoms with Crippen LogP contribution in [0, 0.1) is 0 Å². The monoisotopic (exact) mass is 280 g/mol. The van der Waals surface area contributed by atoms with Crippen LogP contribution in [0.4, 0.5) is 0 Å². The largest absolute Gasteiger partial charge is 0.469 e. The summed E-state index contributed by atoms with van der Waals surface area (Å²) >= 11 is 0. The lowest BCUT2D eigenvalue weighted by atomic mass is 10.3. The van der Waals surface area contributed by atoms with E-state index >= 15 is 0 Å². The van der Waals surface area contributed by atoms with Gasteiger partial charge in [0, 0.05) is 19.2 Å². The zero-order valence-electron chi connectivity index (χ0n) is 11.1. The molecule has 0 unspecified atom stereocenters. The second kappa shape index (κ2) is 8.63. The topological polar surface area (TPSA) is 94.6 Å². The van der Waals surface area contributed by atoms with E-state index < -0.39 is 11.9 Å². The van der Waals surface area contributed by atoms with Gasteiger partial charge >= 0.3 is 11.9 Å². The summed E-state index contributed by atoms with van der Waals surface area (Å²) in [6, 6.07) is 4.82. The molecular weight excluding hydrogens is 264 g/mol. The minimum absolute atomic E-state index is 0.144. The number of hydrogen-bond acceptors (Lipinski definition) is 6. The average molecular weight is 280 g/mol. The second-order valence-corrected chi connectivity index (χ2v) is 3.82. The van der Waals surface area contributed by atoms with E-state index in [2.05, 4.69) is 15.0 Å². The number of hydrogen-bond donors (Lipinski definition) is 1. The number of carbonyl (C=O) groups is 3. The summed E-state index contributed by atoms with van der Waals surface area (Å²) in [5.41, 5.74) is 0.144. The van der Waals surface area contributed by atoms with Crippen LogP contribution < -0.4 is 5.32 Å². The number of carbonyl (C=O) groups excluding carboxylic acids is 3. The maximum atomic E-state index is 11.5. The van der Waals surface area contributed by atoms with Crippen molar-refractivity contribution in [3.8, 4) is 0 Å². The van der Waals surface area contributed by atoms with E-state index in [0.29, 0.717) is 13.0 Å². The molecule has 108 valence electrons. The molecule has 1 rings (SSSR count). The molecule has 1 aromatic rings. The number of ether oxygens (including phenoxy) is 2. The first-order chi connectivity index (χ1) is 9.63. The molecule has 1 heterocycles. The van der Waals surface area contributed by atoms with Gasteiger partial charge in [0.2, 0.25) is 0 Å². The number of nitrogens with zero attached hydrogens (tertiary/aromatic N) is 1. The van der Waals surface area contributed by atoms with E-state index in [1.165, 1.54) is 19.4 Å². The molecule has 1 aromatic heterocycles. The predicted molar refractivity (Wildman–Crippen MR) is 68.8 cm³/mol. The number of aromatic nitrogens is 1. The number of rotatable bonds is 7. The van der Waals surface area contributed by atoms with Gasteiger partial charge in [-0.15, -0.1) is 0 Å². The number of pyridine rings is 1. The summed E-state index contributed by atoms with van der Waals surface area (Å²) in [5.74, 6) is -1.42. The Morgan fingerprint density at radius 3 is 2.75 bits per heavy atom. The van der Waals surface area contributed by atoms with Gasteiger partial charge in [-0.3, -0.25) is 9.59 Å². The quantitative estimate of drug-likeness (QED) is 0.570. The molecule has 0 aliphatic carbocycles. The fraction of sp³-hybridized carbons (Fsp3) is 0.385. The van der Waals surface area contributed by atoms with Crippen LogP contribution in [0.5, 0.6) is 0 Å². The minimum Gasteiger partial charge on any atom is -0.469 e. The molecule has 0 saturated heterocycles. The summed E-state index contributed by atoms with van der Waals surface area (Å²) in [6.45, 7) is -0.0668. The van der Waals surface area contributed by atoms with E-state index in [1.807, 2.05) is 0 Å². The van der Waals surface area contributed by atoms with Crippen molar-refractivity contribution in [3.63, 3.8) is 0 Å².